The van der Waals surface area contributed by atoms with Crippen molar-refractivity contribution in [2.75, 3.05) is 12.3 Å². The number of carbonyl (C=O) groups excluding carboxylic acids is 1. The summed E-state index contributed by atoms with van der Waals surface area (Å²) in [4.78, 5) is 24.8. The molecule has 3 rings (SSSR count). The third kappa shape index (κ3) is 4.96. The maximum absolute atomic E-state index is 11.9. The fraction of sp³-hybridized carbons (Fsp3) is 0.389. The van der Waals surface area contributed by atoms with Crippen LogP contribution in [-0.4, -0.2) is 28.0 Å². The Morgan fingerprint density at radius 3 is 2.75 bits per heavy atom. The predicted molar refractivity (Wildman–Crippen MR) is 95.3 cm³/mol. The highest BCUT2D eigenvalue weighted by Gasteiger charge is 2.25. The van der Waals surface area contributed by atoms with Crippen LogP contribution < -0.4 is 10.9 Å². The second kappa shape index (κ2) is 8.15. The summed E-state index contributed by atoms with van der Waals surface area (Å²) >= 11 is 1.66. The number of hydrogen-bond donors (Lipinski definition) is 1. The van der Waals surface area contributed by atoms with E-state index in [4.69, 9.17) is 0 Å². The molecule has 1 saturated carbocycles. The number of carbonyl (C=O) groups is 1. The lowest BCUT2D eigenvalue weighted by Crippen LogP contribution is -2.32. The molecular weight excluding hydrogens is 322 g/mol. The molecule has 0 spiro atoms. The molecule has 1 fully saturated rings. The molecule has 1 N–H and O–H groups in total. The molecule has 0 bridgehead atoms. The largest absolute Gasteiger partial charge is 0.354 e. The van der Waals surface area contributed by atoms with Crippen LogP contribution in [0.5, 0.6) is 0 Å². The van der Waals surface area contributed by atoms with Gasteiger partial charge in [0.2, 0.25) is 5.91 Å². The summed E-state index contributed by atoms with van der Waals surface area (Å²) in [5, 5.41) is 7.24. The monoisotopic (exact) mass is 343 g/mol. The number of hydrogen-bond acceptors (Lipinski definition) is 4. The summed E-state index contributed by atoms with van der Waals surface area (Å²) in [6.07, 6.45) is 2.77. The average Bonchev–Trinajstić information content (AvgIpc) is 3.42. The Kier molecular flexibility index (Phi) is 5.69. The van der Waals surface area contributed by atoms with Gasteiger partial charge in [0.05, 0.1) is 12.2 Å². The molecule has 0 saturated heterocycles. The van der Waals surface area contributed by atoms with Gasteiger partial charge in [-0.25, -0.2) is 4.68 Å². The normalized spacial score (nSPS) is 13.7. The molecule has 1 aromatic heterocycles. The average molecular weight is 343 g/mol. The van der Waals surface area contributed by atoms with Gasteiger partial charge in [-0.05, 0) is 31.0 Å². The smallest absolute Gasteiger partial charge is 0.266 e. The van der Waals surface area contributed by atoms with Crippen LogP contribution in [0.1, 0.15) is 30.9 Å². The molecule has 24 heavy (non-hydrogen) atoms. The van der Waals surface area contributed by atoms with Crippen molar-refractivity contribution in [3.8, 4) is 0 Å². The Morgan fingerprint density at radius 2 is 2.00 bits per heavy atom. The van der Waals surface area contributed by atoms with Gasteiger partial charge in [0.1, 0.15) is 0 Å². The highest BCUT2D eigenvalue weighted by atomic mass is 32.2. The molecule has 1 heterocycles. The third-order valence-corrected chi connectivity index (χ3v) is 4.88. The number of aromatic nitrogens is 2. The molecule has 0 atom stereocenters. The molecule has 0 radical (unpaired) electrons. The van der Waals surface area contributed by atoms with Crippen molar-refractivity contribution in [2.24, 2.45) is 0 Å². The van der Waals surface area contributed by atoms with Crippen molar-refractivity contribution >= 4 is 17.7 Å². The zero-order chi connectivity index (χ0) is 16.8. The minimum atomic E-state index is -0.117. The number of benzene rings is 1. The third-order valence-electron chi connectivity index (χ3n) is 3.87. The van der Waals surface area contributed by atoms with E-state index in [0.717, 1.165) is 29.2 Å². The molecule has 5 nitrogen and oxygen atoms in total. The molecule has 2 aromatic rings. The second-order valence-corrected chi connectivity index (χ2v) is 7.02. The standard InChI is InChI=1S/C18H21N3O2S/c22-17(10-13-24-15-4-2-1-3-5-15)19-11-12-21-18(23)9-8-16(20-21)14-6-7-14/h1-5,8-9,14H,6-7,10-13H2,(H,19,22). The Hall–Kier alpha value is -2.08. The van der Waals surface area contributed by atoms with E-state index in [9.17, 15) is 9.59 Å². The van der Waals surface area contributed by atoms with Gasteiger partial charge in [-0.15, -0.1) is 11.8 Å². The molecule has 1 amide bonds. The zero-order valence-corrected chi connectivity index (χ0v) is 14.3. The molecule has 0 aliphatic heterocycles. The second-order valence-electron chi connectivity index (χ2n) is 5.86. The van der Waals surface area contributed by atoms with Crippen LogP contribution in [0.25, 0.3) is 0 Å². The molecule has 1 aromatic carbocycles. The minimum absolute atomic E-state index is 0.00447. The van der Waals surface area contributed by atoms with Crippen LogP contribution in [0.15, 0.2) is 52.2 Å². The number of amides is 1. The summed E-state index contributed by atoms with van der Waals surface area (Å²) < 4.78 is 1.45. The van der Waals surface area contributed by atoms with Crippen LogP contribution in [0.4, 0.5) is 0 Å². The number of nitrogens with one attached hydrogen (secondary N) is 1. The molecule has 1 aliphatic carbocycles. The van der Waals surface area contributed by atoms with E-state index in [-0.39, 0.29) is 11.5 Å². The maximum Gasteiger partial charge on any atom is 0.266 e. The molecule has 6 heteroatoms. The van der Waals surface area contributed by atoms with Crippen molar-refractivity contribution in [3.05, 3.63) is 58.5 Å². The van der Waals surface area contributed by atoms with Crippen molar-refractivity contribution in [3.63, 3.8) is 0 Å². The quantitative estimate of drug-likeness (QED) is 0.748. The van der Waals surface area contributed by atoms with Crippen LogP contribution in [-0.2, 0) is 11.3 Å². The molecular formula is C18H21N3O2S. The van der Waals surface area contributed by atoms with Gasteiger partial charge in [-0.1, -0.05) is 18.2 Å². The lowest BCUT2D eigenvalue weighted by Gasteiger charge is -2.08. The van der Waals surface area contributed by atoms with E-state index in [2.05, 4.69) is 10.4 Å². The highest BCUT2D eigenvalue weighted by molar-refractivity contribution is 7.99. The van der Waals surface area contributed by atoms with Crippen LogP contribution >= 0.6 is 11.8 Å². The molecule has 126 valence electrons. The molecule has 1 aliphatic rings. The van der Waals surface area contributed by atoms with Gasteiger partial charge >= 0.3 is 0 Å². The Balaban J connectivity index is 1.39. The van der Waals surface area contributed by atoms with Crippen LogP contribution in [0.2, 0.25) is 0 Å². The van der Waals surface area contributed by atoms with Crippen molar-refractivity contribution in [1.82, 2.24) is 15.1 Å². The van der Waals surface area contributed by atoms with Crippen molar-refractivity contribution in [2.45, 2.75) is 36.6 Å². The SMILES string of the molecule is O=C(CCSc1ccccc1)NCCn1nc(C2CC2)ccc1=O. The fourth-order valence-electron chi connectivity index (χ4n) is 2.39. The first-order chi connectivity index (χ1) is 11.7. The summed E-state index contributed by atoms with van der Waals surface area (Å²) in [5.41, 5.74) is 0.869. The van der Waals surface area contributed by atoms with E-state index in [1.807, 2.05) is 36.4 Å². The number of nitrogens with zero attached hydrogens (tertiary/aromatic N) is 2. The van der Waals surface area contributed by atoms with Crippen LogP contribution in [0.3, 0.4) is 0 Å². The van der Waals surface area contributed by atoms with Crippen LogP contribution in [0, 0.1) is 0 Å². The summed E-state index contributed by atoms with van der Waals surface area (Å²) in [6, 6.07) is 13.4. The summed E-state index contributed by atoms with van der Waals surface area (Å²) in [5.74, 6) is 1.26. The first-order valence-electron chi connectivity index (χ1n) is 8.25. The Labute approximate surface area is 145 Å². The van der Waals surface area contributed by atoms with E-state index in [0.29, 0.717) is 25.4 Å². The Bertz CT molecular complexity index is 741. The van der Waals surface area contributed by atoms with Gasteiger partial charge in [-0.2, -0.15) is 5.10 Å². The lowest BCUT2D eigenvalue weighted by molar-refractivity contribution is -0.120. The van der Waals surface area contributed by atoms with Gasteiger partial charge in [0.25, 0.3) is 5.56 Å². The van der Waals surface area contributed by atoms with Gasteiger partial charge in [0, 0.05) is 35.6 Å². The summed E-state index contributed by atoms with van der Waals surface area (Å²) in [7, 11) is 0. The van der Waals surface area contributed by atoms with Gasteiger partial charge in [0.15, 0.2) is 0 Å². The van der Waals surface area contributed by atoms with Gasteiger partial charge in [-0.3, -0.25) is 9.59 Å². The topological polar surface area (TPSA) is 64.0 Å². The van der Waals surface area contributed by atoms with E-state index in [1.165, 1.54) is 4.68 Å². The minimum Gasteiger partial charge on any atom is -0.354 e. The predicted octanol–water partition coefficient (Wildman–Crippen LogP) is 2.42. The number of rotatable bonds is 8. The van der Waals surface area contributed by atoms with E-state index >= 15 is 0 Å². The van der Waals surface area contributed by atoms with Crippen molar-refractivity contribution in [1.29, 1.82) is 0 Å². The van der Waals surface area contributed by atoms with Crippen molar-refractivity contribution < 1.29 is 4.79 Å². The highest BCUT2D eigenvalue weighted by Crippen LogP contribution is 2.38. The summed E-state index contributed by atoms with van der Waals surface area (Å²) in [6.45, 7) is 0.840. The zero-order valence-electron chi connectivity index (χ0n) is 13.5. The first kappa shape index (κ1) is 16.8. The molecule has 0 unspecified atom stereocenters. The lowest BCUT2D eigenvalue weighted by atomic mass is 10.3. The van der Waals surface area contributed by atoms with E-state index < -0.39 is 0 Å². The maximum atomic E-state index is 11.9. The first-order valence-corrected chi connectivity index (χ1v) is 9.23. The fourth-order valence-corrected chi connectivity index (χ4v) is 3.26. The van der Waals surface area contributed by atoms with Gasteiger partial charge < -0.3 is 5.32 Å². The van der Waals surface area contributed by atoms with E-state index in [1.54, 1.807) is 17.8 Å². The number of thioether (sulfide) groups is 1. The Morgan fingerprint density at radius 1 is 1.21 bits per heavy atom.